The average Bonchev–Trinajstić information content (AvgIpc) is 2.95. The van der Waals surface area contributed by atoms with Crippen molar-refractivity contribution in [3.63, 3.8) is 0 Å². The highest BCUT2D eigenvalue weighted by atomic mass is 32.1. The van der Waals surface area contributed by atoms with Gasteiger partial charge in [0, 0.05) is 0 Å². The monoisotopic (exact) mass is 298 g/mol. The molecule has 0 radical (unpaired) electrons. The molecule has 1 unspecified atom stereocenters. The number of aliphatic hydroxyl groups excluding tert-OH is 1. The van der Waals surface area contributed by atoms with E-state index < -0.39 is 12.0 Å². The molecule has 0 saturated heterocycles. The number of nitrogens with one attached hydrogen (secondary N) is 1. The highest BCUT2D eigenvalue weighted by Crippen LogP contribution is 2.21. The van der Waals surface area contributed by atoms with Crippen LogP contribution in [0.1, 0.15) is 16.7 Å². The Morgan fingerprint density at radius 3 is 2.62 bits per heavy atom. The minimum absolute atomic E-state index is 0.322. The lowest BCUT2D eigenvalue weighted by Gasteiger charge is -2.10. The van der Waals surface area contributed by atoms with Crippen molar-refractivity contribution in [2.24, 2.45) is 0 Å². The van der Waals surface area contributed by atoms with Crippen LogP contribution in [-0.2, 0) is 11.3 Å². The Labute approximate surface area is 126 Å². The molecule has 5 heteroatoms. The summed E-state index contributed by atoms with van der Waals surface area (Å²) in [5, 5.41) is 13.5. The predicted molar refractivity (Wildman–Crippen MR) is 82.9 cm³/mol. The fourth-order valence-electron chi connectivity index (χ4n) is 2.04. The molecule has 1 atom stereocenters. The fraction of sp³-hybridized carbons (Fsp3) is 0.125. The molecular formula is C16H14N2O2S. The van der Waals surface area contributed by atoms with Gasteiger partial charge in [-0.15, -0.1) is 11.3 Å². The first-order chi connectivity index (χ1) is 10.2. The second-order valence-corrected chi connectivity index (χ2v) is 5.72. The Bertz CT molecular complexity index is 722. The van der Waals surface area contributed by atoms with Gasteiger partial charge in [-0.05, 0) is 17.7 Å². The number of aliphatic hydroxyl groups is 1. The fourth-order valence-corrected chi connectivity index (χ4v) is 2.95. The topological polar surface area (TPSA) is 62.2 Å². The molecule has 3 aromatic rings. The maximum Gasteiger partial charge on any atom is 0.253 e. The van der Waals surface area contributed by atoms with Crippen molar-refractivity contribution in [1.82, 2.24) is 10.3 Å². The van der Waals surface area contributed by atoms with Crippen molar-refractivity contribution < 1.29 is 9.90 Å². The molecule has 0 aliphatic carbocycles. The smallest absolute Gasteiger partial charge is 0.253 e. The molecule has 1 aromatic heterocycles. The largest absolute Gasteiger partial charge is 0.378 e. The summed E-state index contributed by atoms with van der Waals surface area (Å²) >= 11 is 1.54. The van der Waals surface area contributed by atoms with Crippen LogP contribution in [0, 0.1) is 0 Å². The molecule has 1 amide bonds. The van der Waals surface area contributed by atoms with E-state index in [1.807, 2.05) is 30.3 Å². The zero-order chi connectivity index (χ0) is 14.7. The molecule has 0 aliphatic heterocycles. The number of para-hydroxylation sites is 1. The summed E-state index contributed by atoms with van der Waals surface area (Å²) in [7, 11) is 0. The number of carbonyl (C=O) groups excluding carboxylic acids is 1. The summed E-state index contributed by atoms with van der Waals surface area (Å²) < 4.78 is 1.09. The number of amides is 1. The third-order valence-electron chi connectivity index (χ3n) is 3.12. The highest BCUT2D eigenvalue weighted by molar-refractivity contribution is 7.18. The minimum atomic E-state index is -1.15. The summed E-state index contributed by atoms with van der Waals surface area (Å²) in [6.07, 6.45) is -1.15. The van der Waals surface area contributed by atoms with Crippen molar-refractivity contribution in [3.05, 3.63) is 65.2 Å². The van der Waals surface area contributed by atoms with Crippen LogP contribution >= 0.6 is 11.3 Å². The van der Waals surface area contributed by atoms with Gasteiger partial charge in [-0.2, -0.15) is 0 Å². The summed E-state index contributed by atoms with van der Waals surface area (Å²) in [5.41, 5.74) is 1.51. The van der Waals surface area contributed by atoms with E-state index in [1.54, 1.807) is 24.3 Å². The number of carbonyl (C=O) groups is 1. The Balaban J connectivity index is 1.65. The zero-order valence-electron chi connectivity index (χ0n) is 11.2. The molecule has 1 heterocycles. The Morgan fingerprint density at radius 1 is 1.14 bits per heavy atom. The third-order valence-corrected chi connectivity index (χ3v) is 4.15. The Hall–Kier alpha value is -2.24. The maximum atomic E-state index is 11.9. The number of hydrogen-bond acceptors (Lipinski definition) is 4. The van der Waals surface area contributed by atoms with Gasteiger partial charge in [0.25, 0.3) is 5.91 Å². The van der Waals surface area contributed by atoms with Crippen LogP contribution in [0.15, 0.2) is 54.6 Å². The Kier molecular flexibility index (Phi) is 3.94. The number of hydrogen-bond donors (Lipinski definition) is 2. The van der Waals surface area contributed by atoms with E-state index in [-0.39, 0.29) is 0 Å². The van der Waals surface area contributed by atoms with E-state index in [4.69, 9.17) is 0 Å². The number of aromatic nitrogens is 1. The van der Waals surface area contributed by atoms with Crippen molar-refractivity contribution in [2.45, 2.75) is 12.6 Å². The molecule has 4 nitrogen and oxygen atoms in total. The van der Waals surface area contributed by atoms with Gasteiger partial charge in [0.1, 0.15) is 5.01 Å². The second kappa shape index (κ2) is 6.03. The van der Waals surface area contributed by atoms with E-state index in [9.17, 15) is 9.90 Å². The van der Waals surface area contributed by atoms with Crippen molar-refractivity contribution in [1.29, 1.82) is 0 Å². The number of fused-ring (bicyclic) bond motifs is 1. The molecule has 2 aromatic carbocycles. The van der Waals surface area contributed by atoms with Crippen molar-refractivity contribution in [2.75, 3.05) is 0 Å². The molecule has 2 N–H and O–H groups in total. The van der Waals surface area contributed by atoms with E-state index in [0.29, 0.717) is 12.1 Å². The van der Waals surface area contributed by atoms with Crippen LogP contribution in [0.2, 0.25) is 0 Å². The van der Waals surface area contributed by atoms with Gasteiger partial charge >= 0.3 is 0 Å². The predicted octanol–water partition coefficient (Wildman–Crippen LogP) is 2.65. The first-order valence-electron chi connectivity index (χ1n) is 6.59. The number of benzene rings is 2. The number of rotatable bonds is 4. The molecule has 21 heavy (non-hydrogen) atoms. The van der Waals surface area contributed by atoms with Gasteiger partial charge in [0.15, 0.2) is 6.10 Å². The maximum absolute atomic E-state index is 11.9. The van der Waals surface area contributed by atoms with Crippen molar-refractivity contribution in [3.8, 4) is 0 Å². The molecule has 106 valence electrons. The summed E-state index contributed by atoms with van der Waals surface area (Å²) in [6.45, 7) is 0.322. The van der Waals surface area contributed by atoms with Crippen LogP contribution in [0.3, 0.4) is 0 Å². The van der Waals surface area contributed by atoms with Gasteiger partial charge in [0.05, 0.1) is 16.8 Å². The SMILES string of the molecule is O=C(NCc1nc2ccccc2s1)C(O)c1ccccc1. The molecule has 0 aliphatic rings. The third kappa shape index (κ3) is 3.09. The molecule has 0 saturated carbocycles. The highest BCUT2D eigenvalue weighted by Gasteiger charge is 2.17. The normalized spacial score (nSPS) is 12.2. The second-order valence-electron chi connectivity index (χ2n) is 4.61. The molecule has 0 spiro atoms. The Morgan fingerprint density at radius 2 is 1.86 bits per heavy atom. The molecular weight excluding hydrogens is 284 g/mol. The van der Waals surface area contributed by atoms with E-state index in [2.05, 4.69) is 10.3 Å². The average molecular weight is 298 g/mol. The van der Waals surface area contributed by atoms with Gasteiger partial charge in [0.2, 0.25) is 0 Å². The van der Waals surface area contributed by atoms with E-state index in [0.717, 1.165) is 15.2 Å². The van der Waals surface area contributed by atoms with Gasteiger partial charge in [-0.1, -0.05) is 42.5 Å². The van der Waals surface area contributed by atoms with Crippen LogP contribution in [0.25, 0.3) is 10.2 Å². The molecule has 0 fully saturated rings. The standard InChI is InChI=1S/C16H14N2O2S/c19-15(11-6-2-1-3-7-11)16(20)17-10-14-18-12-8-4-5-9-13(12)21-14/h1-9,15,19H,10H2,(H,17,20). The minimum Gasteiger partial charge on any atom is -0.378 e. The van der Waals surface area contributed by atoms with Gasteiger partial charge < -0.3 is 10.4 Å². The lowest BCUT2D eigenvalue weighted by atomic mass is 10.1. The summed E-state index contributed by atoms with van der Waals surface area (Å²) in [5.74, 6) is -0.416. The van der Waals surface area contributed by atoms with Crippen LogP contribution in [0.5, 0.6) is 0 Å². The van der Waals surface area contributed by atoms with Crippen molar-refractivity contribution >= 4 is 27.5 Å². The molecule has 3 rings (SSSR count). The quantitative estimate of drug-likeness (QED) is 0.778. The van der Waals surface area contributed by atoms with Gasteiger partial charge in [-0.25, -0.2) is 4.98 Å². The lowest BCUT2D eigenvalue weighted by Crippen LogP contribution is -2.28. The van der Waals surface area contributed by atoms with Crippen LogP contribution in [0.4, 0.5) is 0 Å². The number of nitrogens with zero attached hydrogens (tertiary/aromatic N) is 1. The first kappa shape index (κ1) is 13.7. The zero-order valence-corrected chi connectivity index (χ0v) is 12.0. The van der Waals surface area contributed by atoms with E-state index >= 15 is 0 Å². The first-order valence-corrected chi connectivity index (χ1v) is 7.41. The van der Waals surface area contributed by atoms with Crippen LogP contribution in [-0.4, -0.2) is 16.0 Å². The van der Waals surface area contributed by atoms with Gasteiger partial charge in [-0.3, -0.25) is 4.79 Å². The lowest BCUT2D eigenvalue weighted by molar-refractivity contribution is -0.129. The van der Waals surface area contributed by atoms with E-state index in [1.165, 1.54) is 11.3 Å². The van der Waals surface area contributed by atoms with Crippen LogP contribution < -0.4 is 5.32 Å². The summed E-state index contributed by atoms with van der Waals surface area (Å²) in [6, 6.07) is 16.7. The number of thiazole rings is 1. The molecule has 0 bridgehead atoms. The summed E-state index contributed by atoms with van der Waals surface area (Å²) in [4.78, 5) is 16.4.